The van der Waals surface area contributed by atoms with Crippen LogP contribution in [0.3, 0.4) is 0 Å². The molecule has 0 saturated carbocycles. The van der Waals surface area contributed by atoms with Gasteiger partial charge in [-0.3, -0.25) is 5.10 Å². The second-order valence-electron chi connectivity index (χ2n) is 4.60. The van der Waals surface area contributed by atoms with E-state index in [-0.39, 0.29) is 0 Å². The van der Waals surface area contributed by atoms with Gasteiger partial charge in [-0.1, -0.05) is 30.3 Å². The zero-order chi connectivity index (χ0) is 13.9. The van der Waals surface area contributed by atoms with E-state index >= 15 is 0 Å². The highest BCUT2D eigenvalue weighted by atomic mass is 15.4. The Balaban J connectivity index is 1.79. The fourth-order valence-corrected chi connectivity index (χ4v) is 2.14. The van der Waals surface area contributed by atoms with Crippen LogP contribution in [0.15, 0.2) is 36.5 Å². The lowest BCUT2D eigenvalue weighted by Gasteiger charge is -2.05. The molecule has 2 heterocycles. The minimum Gasteiger partial charge on any atom is -0.350 e. The number of hydrogen-bond acceptors (Lipinski definition) is 4. The number of aromatic nitrogens is 5. The van der Waals surface area contributed by atoms with Crippen molar-refractivity contribution in [3.63, 3.8) is 0 Å². The normalized spacial score (nSPS) is 10.7. The van der Waals surface area contributed by atoms with Crippen LogP contribution in [0.2, 0.25) is 0 Å². The van der Waals surface area contributed by atoms with Crippen LogP contribution >= 0.6 is 0 Å². The number of H-pyrrole nitrogens is 1. The average molecular weight is 268 g/mol. The van der Waals surface area contributed by atoms with Crippen LogP contribution in [0.4, 0.5) is 5.95 Å². The smallest absolute Gasteiger partial charge is 0.221 e. The Labute approximate surface area is 116 Å². The molecule has 20 heavy (non-hydrogen) atoms. The van der Waals surface area contributed by atoms with E-state index in [2.05, 4.69) is 37.7 Å². The van der Waals surface area contributed by atoms with Gasteiger partial charge >= 0.3 is 0 Å². The average Bonchev–Trinajstić information content (AvgIpc) is 3.04. The quantitative estimate of drug-likeness (QED) is 0.760. The van der Waals surface area contributed by atoms with Crippen LogP contribution in [-0.4, -0.2) is 25.0 Å². The highest BCUT2D eigenvalue weighted by Gasteiger charge is 2.09. The summed E-state index contributed by atoms with van der Waals surface area (Å²) in [6.07, 6.45) is 1.83. The minimum absolute atomic E-state index is 0.646. The number of aromatic amines is 1. The molecule has 0 bridgehead atoms. The standard InChI is InChI=1S/C14H16N6/c1-10-17-14(20(2)19-10)15-8-12-9-16-18-13(12)11-6-4-3-5-7-11/h3-7,9H,8H2,1-2H3,(H,16,18)(H,15,17,19). The summed E-state index contributed by atoms with van der Waals surface area (Å²) in [5.74, 6) is 1.51. The first-order valence-electron chi connectivity index (χ1n) is 6.43. The van der Waals surface area contributed by atoms with E-state index in [1.54, 1.807) is 4.68 Å². The first-order chi connectivity index (χ1) is 9.74. The lowest BCUT2D eigenvalue weighted by atomic mass is 10.1. The number of aryl methyl sites for hydroxylation is 2. The molecule has 102 valence electrons. The molecule has 6 nitrogen and oxygen atoms in total. The number of nitrogens with zero attached hydrogens (tertiary/aromatic N) is 4. The molecule has 0 aliphatic carbocycles. The monoisotopic (exact) mass is 268 g/mol. The fraction of sp³-hybridized carbons (Fsp3) is 0.214. The molecule has 2 aromatic heterocycles. The topological polar surface area (TPSA) is 71.4 Å². The Bertz CT molecular complexity index is 698. The molecular formula is C14H16N6. The van der Waals surface area contributed by atoms with Gasteiger partial charge in [-0.05, 0) is 12.5 Å². The van der Waals surface area contributed by atoms with Crippen molar-refractivity contribution in [3.05, 3.63) is 47.9 Å². The van der Waals surface area contributed by atoms with Crippen molar-refractivity contribution >= 4 is 5.95 Å². The van der Waals surface area contributed by atoms with Crippen LogP contribution in [0, 0.1) is 6.92 Å². The number of hydrogen-bond donors (Lipinski definition) is 2. The Morgan fingerprint density at radius 1 is 1.25 bits per heavy atom. The molecule has 0 radical (unpaired) electrons. The van der Waals surface area contributed by atoms with Gasteiger partial charge < -0.3 is 5.32 Å². The lowest BCUT2D eigenvalue weighted by molar-refractivity contribution is 0.758. The van der Waals surface area contributed by atoms with Crippen LogP contribution in [-0.2, 0) is 13.6 Å². The van der Waals surface area contributed by atoms with Gasteiger partial charge in [0, 0.05) is 19.2 Å². The molecule has 0 saturated heterocycles. The maximum absolute atomic E-state index is 4.32. The maximum Gasteiger partial charge on any atom is 0.221 e. The molecule has 1 aromatic carbocycles. The van der Waals surface area contributed by atoms with E-state index < -0.39 is 0 Å². The van der Waals surface area contributed by atoms with Crippen molar-refractivity contribution in [2.45, 2.75) is 13.5 Å². The number of benzene rings is 1. The third kappa shape index (κ3) is 2.40. The Morgan fingerprint density at radius 2 is 2.05 bits per heavy atom. The summed E-state index contributed by atoms with van der Waals surface area (Å²) in [5.41, 5.74) is 3.24. The first-order valence-corrected chi connectivity index (χ1v) is 6.43. The largest absolute Gasteiger partial charge is 0.350 e. The van der Waals surface area contributed by atoms with Crippen molar-refractivity contribution in [2.24, 2.45) is 7.05 Å². The van der Waals surface area contributed by atoms with E-state index in [4.69, 9.17) is 0 Å². The predicted molar refractivity (Wildman–Crippen MR) is 77.1 cm³/mol. The van der Waals surface area contributed by atoms with E-state index in [0.717, 1.165) is 28.6 Å². The molecular weight excluding hydrogens is 252 g/mol. The van der Waals surface area contributed by atoms with Gasteiger partial charge in [0.05, 0.1) is 11.9 Å². The summed E-state index contributed by atoms with van der Waals surface area (Å²) in [6.45, 7) is 2.52. The summed E-state index contributed by atoms with van der Waals surface area (Å²) in [6, 6.07) is 10.1. The fourth-order valence-electron chi connectivity index (χ4n) is 2.14. The zero-order valence-corrected chi connectivity index (χ0v) is 11.5. The molecule has 0 spiro atoms. The maximum atomic E-state index is 4.32. The van der Waals surface area contributed by atoms with E-state index in [0.29, 0.717) is 6.54 Å². The third-order valence-electron chi connectivity index (χ3n) is 3.09. The summed E-state index contributed by atoms with van der Waals surface area (Å²) < 4.78 is 1.73. The number of nitrogens with one attached hydrogen (secondary N) is 2. The molecule has 3 aromatic rings. The van der Waals surface area contributed by atoms with Crippen molar-refractivity contribution in [1.29, 1.82) is 0 Å². The van der Waals surface area contributed by atoms with Crippen molar-refractivity contribution in [2.75, 3.05) is 5.32 Å². The molecule has 0 fully saturated rings. The summed E-state index contributed by atoms with van der Waals surface area (Å²) in [5, 5.41) is 14.7. The highest BCUT2D eigenvalue weighted by Crippen LogP contribution is 2.21. The summed E-state index contributed by atoms with van der Waals surface area (Å²) >= 11 is 0. The van der Waals surface area contributed by atoms with Gasteiger partial charge in [0.15, 0.2) is 0 Å². The molecule has 0 amide bonds. The van der Waals surface area contributed by atoms with Gasteiger partial charge in [0.25, 0.3) is 0 Å². The first kappa shape index (κ1) is 12.4. The van der Waals surface area contributed by atoms with Gasteiger partial charge in [0.1, 0.15) is 5.82 Å². The van der Waals surface area contributed by atoms with Crippen LogP contribution < -0.4 is 5.32 Å². The second-order valence-corrected chi connectivity index (χ2v) is 4.60. The SMILES string of the molecule is Cc1nc(NCc2cn[nH]c2-c2ccccc2)n(C)n1. The lowest BCUT2D eigenvalue weighted by Crippen LogP contribution is -2.05. The van der Waals surface area contributed by atoms with Crippen LogP contribution in [0.1, 0.15) is 11.4 Å². The zero-order valence-electron chi connectivity index (χ0n) is 11.5. The molecule has 0 aliphatic heterocycles. The van der Waals surface area contributed by atoms with Crippen molar-refractivity contribution in [3.8, 4) is 11.3 Å². The van der Waals surface area contributed by atoms with Crippen LogP contribution in [0.5, 0.6) is 0 Å². The van der Waals surface area contributed by atoms with Gasteiger partial charge in [0.2, 0.25) is 5.95 Å². The second kappa shape index (κ2) is 5.16. The van der Waals surface area contributed by atoms with Gasteiger partial charge in [-0.25, -0.2) is 4.68 Å². The third-order valence-corrected chi connectivity index (χ3v) is 3.09. The molecule has 3 rings (SSSR count). The van der Waals surface area contributed by atoms with Gasteiger partial charge in [-0.15, -0.1) is 0 Å². The van der Waals surface area contributed by atoms with Gasteiger partial charge in [-0.2, -0.15) is 15.2 Å². The number of rotatable bonds is 4. The Kier molecular flexibility index (Phi) is 3.20. The molecule has 0 atom stereocenters. The molecule has 0 unspecified atom stereocenters. The molecule has 0 aliphatic rings. The summed E-state index contributed by atoms with van der Waals surface area (Å²) in [4.78, 5) is 4.32. The van der Waals surface area contributed by atoms with Crippen molar-refractivity contribution < 1.29 is 0 Å². The molecule has 2 N–H and O–H groups in total. The highest BCUT2D eigenvalue weighted by molar-refractivity contribution is 5.62. The summed E-state index contributed by atoms with van der Waals surface area (Å²) in [7, 11) is 1.87. The number of anilines is 1. The Morgan fingerprint density at radius 3 is 2.75 bits per heavy atom. The van der Waals surface area contributed by atoms with Crippen molar-refractivity contribution in [1.82, 2.24) is 25.0 Å². The predicted octanol–water partition coefficient (Wildman–Crippen LogP) is 2.13. The van der Waals surface area contributed by atoms with E-state index in [9.17, 15) is 0 Å². The van der Waals surface area contributed by atoms with E-state index in [1.807, 2.05) is 38.4 Å². The minimum atomic E-state index is 0.646. The van der Waals surface area contributed by atoms with E-state index in [1.165, 1.54) is 0 Å². The Hall–Kier alpha value is -2.63. The van der Waals surface area contributed by atoms with Crippen LogP contribution in [0.25, 0.3) is 11.3 Å². The molecule has 6 heteroatoms.